The Hall–Kier alpha value is -1.32. The zero-order valence-electron chi connectivity index (χ0n) is 12.1. The van der Waals surface area contributed by atoms with Gasteiger partial charge in [0.2, 0.25) is 11.8 Å². The molecule has 0 aromatic rings. The Labute approximate surface area is 109 Å². The highest BCUT2D eigenvalue weighted by molar-refractivity contribution is 6.05. The molecule has 0 radical (unpaired) electrons. The Morgan fingerprint density at radius 2 is 1.17 bits per heavy atom. The van der Waals surface area contributed by atoms with E-state index in [1.807, 2.05) is 13.8 Å². The molecule has 0 aromatic heterocycles. The molecule has 0 unspecified atom stereocenters. The molecule has 0 aliphatic carbocycles. The molecule has 100 valence electrons. The smallest absolute Gasteiger partial charge is 0.212 e. The fourth-order valence-corrected chi connectivity index (χ4v) is 1.87. The second-order valence-corrected chi connectivity index (χ2v) is 6.29. The largest absolute Gasteiger partial charge is 0.475 e. The monoisotopic (exact) mass is 250 g/mol. The van der Waals surface area contributed by atoms with Crippen LogP contribution in [0.3, 0.4) is 0 Å². The molecule has 2 aliphatic rings. The first-order valence-corrected chi connectivity index (χ1v) is 6.34. The van der Waals surface area contributed by atoms with E-state index < -0.39 is 0 Å². The van der Waals surface area contributed by atoms with E-state index in [0.717, 1.165) is 11.1 Å². The third-order valence-corrected chi connectivity index (χ3v) is 3.14. The summed E-state index contributed by atoms with van der Waals surface area (Å²) in [4.78, 5) is 9.15. The van der Waals surface area contributed by atoms with Crippen LogP contribution in [0.4, 0.5) is 0 Å². The van der Waals surface area contributed by atoms with E-state index >= 15 is 0 Å². The second kappa shape index (κ2) is 4.11. The van der Waals surface area contributed by atoms with Crippen molar-refractivity contribution in [2.75, 3.05) is 13.2 Å². The molecule has 18 heavy (non-hydrogen) atoms. The predicted molar refractivity (Wildman–Crippen MR) is 73.3 cm³/mol. The molecule has 0 aromatic carbocycles. The standard InChI is InChI=1S/C14H22N2O2/c1-9(11-15-13(3,4)7-17-11)10(2)12-16-14(5,6)8-18-12/h7-8H2,1-6H3/b10-9-. The molecule has 0 spiro atoms. The first-order chi connectivity index (χ1) is 8.20. The molecule has 0 fully saturated rings. The van der Waals surface area contributed by atoms with Crippen molar-refractivity contribution in [1.82, 2.24) is 0 Å². The SMILES string of the molecule is C/C(C1=NC(C)(C)CO1)=C(\C)C1=NC(C)(C)CO1. The van der Waals surface area contributed by atoms with E-state index in [4.69, 9.17) is 9.47 Å². The summed E-state index contributed by atoms with van der Waals surface area (Å²) >= 11 is 0. The maximum absolute atomic E-state index is 5.64. The first kappa shape index (κ1) is 13.1. The fraction of sp³-hybridized carbons (Fsp3) is 0.714. The van der Waals surface area contributed by atoms with Crippen molar-refractivity contribution in [3.8, 4) is 0 Å². The van der Waals surface area contributed by atoms with Crippen molar-refractivity contribution >= 4 is 11.8 Å². The van der Waals surface area contributed by atoms with Crippen molar-refractivity contribution in [1.29, 1.82) is 0 Å². The first-order valence-electron chi connectivity index (χ1n) is 6.34. The molecule has 0 saturated carbocycles. The molecule has 0 amide bonds. The van der Waals surface area contributed by atoms with Gasteiger partial charge in [-0.15, -0.1) is 0 Å². The summed E-state index contributed by atoms with van der Waals surface area (Å²) in [5, 5.41) is 0. The van der Waals surface area contributed by atoms with Crippen LogP contribution in [-0.4, -0.2) is 36.1 Å². The van der Waals surface area contributed by atoms with E-state index in [9.17, 15) is 0 Å². The quantitative estimate of drug-likeness (QED) is 0.756. The van der Waals surface area contributed by atoms with Gasteiger partial charge in [0.15, 0.2) is 0 Å². The predicted octanol–water partition coefficient (Wildman–Crippen LogP) is 2.74. The molecule has 0 atom stereocenters. The molecule has 2 aliphatic heterocycles. The molecule has 0 saturated heterocycles. The minimum Gasteiger partial charge on any atom is -0.475 e. The van der Waals surface area contributed by atoms with Crippen molar-refractivity contribution < 1.29 is 9.47 Å². The molecule has 0 bridgehead atoms. The minimum atomic E-state index is -0.130. The molecule has 2 heterocycles. The molecular weight excluding hydrogens is 228 g/mol. The third kappa shape index (κ3) is 2.57. The number of rotatable bonds is 2. The van der Waals surface area contributed by atoms with Gasteiger partial charge in [-0.1, -0.05) is 0 Å². The Morgan fingerprint density at radius 1 is 0.833 bits per heavy atom. The van der Waals surface area contributed by atoms with Crippen LogP contribution in [0.2, 0.25) is 0 Å². The van der Waals surface area contributed by atoms with Gasteiger partial charge in [-0.2, -0.15) is 0 Å². The average molecular weight is 250 g/mol. The maximum Gasteiger partial charge on any atom is 0.212 e. The molecular formula is C14H22N2O2. The van der Waals surface area contributed by atoms with Gasteiger partial charge >= 0.3 is 0 Å². The van der Waals surface area contributed by atoms with Gasteiger partial charge in [0, 0.05) is 11.1 Å². The van der Waals surface area contributed by atoms with E-state index in [1.54, 1.807) is 0 Å². The van der Waals surface area contributed by atoms with Crippen LogP contribution in [0.1, 0.15) is 41.5 Å². The van der Waals surface area contributed by atoms with Crippen molar-refractivity contribution in [3.63, 3.8) is 0 Å². The van der Waals surface area contributed by atoms with Gasteiger partial charge < -0.3 is 9.47 Å². The van der Waals surface area contributed by atoms with Crippen LogP contribution >= 0.6 is 0 Å². The van der Waals surface area contributed by atoms with E-state index in [-0.39, 0.29) is 11.1 Å². The van der Waals surface area contributed by atoms with Crippen LogP contribution in [-0.2, 0) is 9.47 Å². The summed E-state index contributed by atoms with van der Waals surface area (Å²) in [6.45, 7) is 13.5. The molecule has 2 rings (SSSR count). The van der Waals surface area contributed by atoms with Crippen LogP contribution < -0.4 is 0 Å². The highest BCUT2D eigenvalue weighted by atomic mass is 16.5. The van der Waals surface area contributed by atoms with Crippen molar-refractivity contribution in [2.24, 2.45) is 9.98 Å². The highest BCUT2D eigenvalue weighted by Crippen LogP contribution is 2.25. The van der Waals surface area contributed by atoms with Gasteiger partial charge in [-0.05, 0) is 41.5 Å². The molecule has 4 nitrogen and oxygen atoms in total. The fourth-order valence-electron chi connectivity index (χ4n) is 1.87. The summed E-state index contributed by atoms with van der Waals surface area (Å²) in [5.41, 5.74) is 1.76. The topological polar surface area (TPSA) is 43.2 Å². The van der Waals surface area contributed by atoms with Crippen molar-refractivity contribution in [2.45, 2.75) is 52.6 Å². The number of hydrogen-bond donors (Lipinski definition) is 0. The number of ether oxygens (including phenoxy) is 2. The third-order valence-electron chi connectivity index (χ3n) is 3.14. The van der Waals surface area contributed by atoms with Gasteiger partial charge in [0.25, 0.3) is 0 Å². The van der Waals surface area contributed by atoms with Crippen molar-refractivity contribution in [3.05, 3.63) is 11.1 Å². The van der Waals surface area contributed by atoms with E-state index in [1.165, 1.54) is 0 Å². The van der Waals surface area contributed by atoms with Crippen LogP contribution in [0.15, 0.2) is 21.1 Å². The molecule has 0 N–H and O–H groups in total. The molecule has 4 heteroatoms. The second-order valence-electron chi connectivity index (χ2n) is 6.29. The van der Waals surface area contributed by atoms with Crippen LogP contribution in [0, 0.1) is 0 Å². The Balaban J connectivity index is 2.27. The lowest BCUT2D eigenvalue weighted by Crippen LogP contribution is -2.17. The maximum atomic E-state index is 5.64. The highest BCUT2D eigenvalue weighted by Gasteiger charge is 2.31. The van der Waals surface area contributed by atoms with Gasteiger partial charge in [-0.25, -0.2) is 9.98 Å². The van der Waals surface area contributed by atoms with Crippen LogP contribution in [0.25, 0.3) is 0 Å². The average Bonchev–Trinajstić information content (AvgIpc) is 2.79. The summed E-state index contributed by atoms with van der Waals surface area (Å²) < 4.78 is 11.3. The van der Waals surface area contributed by atoms with Gasteiger partial charge in [-0.3, -0.25) is 0 Å². The summed E-state index contributed by atoms with van der Waals surface area (Å²) in [6, 6.07) is 0. The number of nitrogens with zero attached hydrogens (tertiary/aromatic N) is 2. The zero-order valence-corrected chi connectivity index (χ0v) is 12.1. The normalized spacial score (nSPS) is 25.9. The van der Waals surface area contributed by atoms with Crippen LogP contribution in [0.5, 0.6) is 0 Å². The lowest BCUT2D eigenvalue weighted by atomic mass is 10.1. The van der Waals surface area contributed by atoms with Gasteiger partial charge in [0.05, 0.1) is 11.1 Å². The Bertz CT molecular complexity index is 414. The Morgan fingerprint density at radius 3 is 1.39 bits per heavy atom. The summed E-state index contributed by atoms with van der Waals surface area (Å²) in [7, 11) is 0. The zero-order chi connectivity index (χ0) is 13.6. The lowest BCUT2D eigenvalue weighted by molar-refractivity contribution is 0.276. The lowest BCUT2D eigenvalue weighted by Gasteiger charge is -2.08. The summed E-state index contributed by atoms with van der Waals surface area (Å²) in [6.07, 6.45) is 0. The number of aliphatic imine (C=N–C) groups is 2. The minimum absolute atomic E-state index is 0.130. The Kier molecular flexibility index (Phi) is 2.99. The summed E-state index contributed by atoms with van der Waals surface area (Å²) in [5.74, 6) is 1.43. The van der Waals surface area contributed by atoms with E-state index in [0.29, 0.717) is 25.0 Å². The number of hydrogen-bond acceptors (Lipinski definition) is 4. The van der Waals surface area contributed by atoms with Gasteiger partial charge in [0.1, 0.15) is 13.2 Å². The van der Waals surface area contributed by atoms with E-state index in [2.05, 4.69) is 37.7 Å².